The molecular weight excluding hydrogens is 479 g/mol. The molecule has 1 unspecified atom stereocenters. The Morgan fingerprint density at radius 3 is 2.48 bits per heavy atom. The lowest BCUT2D eigenvalue weighted by molar-refractivity contribution is 0.410. The number of nitrogens with zero attached hydrogens (tertiary/aromatic N) is 2. The molecule has 1 saturated heterocycles. The molecule has 1 aliphatic heterocycles. The summed E-state index contributed by atoms with van der Waals surface area (Å²) in [6.45, 7) is 5.38. The molecule has 0 radical (unpaired) electrons. The molecule has 7 heteroatoms. The summed E-state index contributed by atoms with van der Waals surface area (Å²) in [5.74, 6) is 2.62. The summed E-state index contributed by atoms with van der Waals surface area (Å²) < 4.78 is 10.9. The monoisotopic (exact) mass is 510 g/mol. The molecule has 3 rings (SSSR count). The van der Waals surface area contributed by atoms with Gasteiger partial charge in [0.15, 0.2) is 5.96 Å². The standard InChI is InChI=1S/C22H30N4O2.HI/c1-4-23-22(24-15-17-9-5-7-11-20(17)27-2)25-18-13-14-26(16-18)19-10-6-8-12-21(19)28-3;/h5-12,18H,4,13-16H2,1-3H3,(H2,23,24,25);1H. The van der Waals surface area contributed by atoms with Crippen molar-refractivity contribution in [2.75, 3.05) is 38.8 Å². The minimum Gasteiger partial charge on any atom is -0.496 e. The molecular formula is C22H31IN4O2. The van der Waals surface area contributed by atoms with Crippen LogP contribution in [-0.2, 0) is 6.54 Å². The van der Waals surface area contributed by atoms with Crippen molar-refractivity contribution in [2.24, 2.45) is 4.99 Å². The zero-order valence-corrected chi connectivity index (χ0v) is 19.7. The van der Waals surface area contributed by atoms with Crippen LogP contribution >= 0.6 is 24.0 Å². The van der Waals surface area contributed by atoms with Crippen molar-refractivity contribution in [1.29, 1.82) is 0 Å². The normalized spacial score (nSPS) is 16.2. The fraction of sp³-hybridized carbons (Fsp3) is 0.409. The molecule has 2 aromatic rings. The van der Waals surface area contributed by atoms with E-state index >= 15 is 0 Å². The van der Waals surface area contributed by atoms with Crippen LogP contribution in [0.15, 0.2) is 53.5 Å². The number of aliphatic imine (C=N–C) groups is 1. The van der Waals surface area contributed by atoms with E-state index < -0.39 is 0 Å². The molecule has 1 heterocycles. The van der Waals surface area contributed by atoms with Crippen LogP contribution in [0.3, 0.4) is 0 Å². The van der Waals surface area contributed by atoms with E-state index in [0.29, 0.717) is 12.6 Å². The highest BCUT2D eigenvalue weighted by atomic mass is 127. The first-order valence-electron chi connectivity index (χ1n) is 9.79. The Bertz CT molecular complexity index is 800. The van der Waals surface area contributed by atoms with E-state index in [0.717, 1.165) is 54.8 Å². The van der Waals surface area contributed by atoms with Crippen LogP contribution < -0.4 is 25.0 Å². The second-order valence-electron chi connectivity index (χ2n) is 6.75. The number of hydrogen-bond donors (Lipinski definition) is 2. The zero-order valence-electron chi connectivity index (χ0n) is 17.4. The molecule has 1 fully saturated rings. The van der Waals surface area contributed by atoms with Crippen LogP contribution in [0.5, 0.6) is 11.5 Å². The van der Waals surface area contributed by atoms with Gasteiger partial charge in [0.05, 0.1) is 26.5 Å². The maximum absolute atomic E-state index is 5.51. The molecule has 2 N–H and O–H groups in total. The van der Waals surface area contributed by atoms with E-state index in [1.807, 2.05) is 36.4 Å². The van der Waals surface area contributed by atoms with Crippen LogP contribution in [0.4, 0.5) is 5.69 Å². The van der Waals surface area contributed by atoms with Crippen molar-refractivity contribution >= 4 is 35.6 Å². The molecule has 2 aromatic carbocycles. The summed E-state index contributed by atoms with van der Waals surface area (Å²) in [6.07, 6.45) is 1.05. The Morgan fingerprint density at radius 2 is 1.76 bits per heavy atom. The van der Waals surface area contributed by atoms with Gasteiger partial charge in [-0.25, -0.2) is 4.99 Å². The van der Waals surface area contributed by atoms with Gasteiger partial charge in [-0.3, -0.25) is 0 Å². The molecule has 0 aliphatic carbocycles. The fourth-order valence-electron chi connectivity index (χ4n) is 3.50. The highest BCUT2D eigenvalue weighted by Crippen LogP contribution is 2.30. The molecule has 0 spiro atoms. The second kappa shape index (κ2) is 11.7. The lowest BCUT2D eigenvalue weighted by Crippen LogP contribution is -2.44. The van der Waals surface area contributed by atoms with E-state index in [-0.39, 0.29) is 24.0 Å². The number of hydrogen-bond acceptors (Lipinski definition) is 4. The number of benzene rings is 2. The van der Waals surface area contributed by atoms with Crippen molar-refractivity contribution in [3.63, 3.8) is 0 Å². The molecule has 29 heavy (non-hydrogen) atoms. The Balaban J connectivity index is 0.00000300. The van der Waals surface area contributed by atoms with Crippen molar-refractivity contribution in [1.82, 2.24) is 10.6 Å². The predicted octanol–water partition coefficient (Wildman–Crippen LogP) is 3.66. The summed E-state index contributed by atoms with van der Waals surface area (Å²) in [7, 11) is 3.41. The number of ether oxygens (including phenoxy) is 2. The Labute approximate surface area is 190 Å². The maximum Gasteiger partial charge on any atom is 0.191 e. The van der Waals surface area contributed by atoms with Crippen LogP contribution in [0.2, 0.25) is 0 Å². The number of para-hydroxylation sites is 3. The van der Waals surface area contributed by atoms with E-state index in [2.05, 4.69) is 34.6 Å². The van der Waals surface area contributed by atoms with Crippen LogP contribution in [0, 0.1) is 0 Å². The molecule has 0 bridgehead atoms. The van der Waals surface area contributed by atoms with Gasteiger partial charge in [0.25, 0.3) is 0 Å². The largest absolute Gasteiger partial charge is 0.496 e. The fourth-order valence-corrected chi connectivity index (χ4v) is 3.50. The van der Waals surface area contributed by atoms with Gasteiger partial charge in [-0.15, -0.1) is 24.0 Å². The maximum atomic E-state index is 5.51. The first-order chi connectivity index (χ1) is 13.7. The van der Waals surface area contributed by atoms with Gasteiger partial charge in [0.2, 0.25) is 0 Å². The number of guanidine groups is 1. The first-order valence-corrected chi connectivity index (χ1v) is 9.79. The van der Waals surface area contributed by atoms with Gasteiger partial charge in [-0.1, -0.05) is 30.3 Å². The predicted molar refractivity (Wildman–Crippen MR) is 130 cm³/mol. The number of nitrogens with one attached hydrogen (secondary N) is 2. The third-order valence-corrected chi connectivity index (χ3v) is 4.90. The Kier molecular flexibility index (Phi) is 9.37. The summed E-state index contributed by atoms with van der Waals surface area (Å²) in [6, 6.07) is 16.5. The zero-order chi connectivity index (χ0) is 19.8. The smallest absolute Gasteiger partial charge is 0.191 e. The summed E-state index contributed by atoms with van der Waals surface area (Å²) in [4.78, 5) is 7.12. The lowest BCUT2D eigenvalue weighted by Gasteiger charge is -2.22. The van der Waals surface area contributed by atoms with Crippen molar-refractivity contribution in [3.8, 4) is 11.5 Å². The molecule has 0 amide bonds. The second-order valence-corrected chi connectivity index (χ2v) is 6.75. The van der Waals surface area contributed by atoms with Gasteiger partial charge in [0, 0.05) is 31.2 Å². The van der Waals surface area contributed by atoms with E-state index in [1.165, 1.54) is 0 Å². The van der Waals surface area contributed by atoms with Gasteiger partial charge in [0.1, 0.15) is 11.5 Å². The van der Waals surface area contributed by atoms with Crippen LogP contribution in [0.25, 0.3) is 0 Å². The highest BCUT2D eigenvalue weighted by molar-refractivity contribution is 14.0. The van der Waals surface area contributed by atoms with Crippen molar-refractivity contribution < 1.29 is 9.47 Å². The quantitative estimate of drug-likeness (QED) is 0.339. The number of halogens is 1. The number of methoxy groups -OCH3 is 2. The van der Waals surface area contributed by atoms with Crippen molar-refractivity contribution in [3.05, 3.63) is 54.1 Å². The minimum absolute atomic E-state index is 0. The lowest BCUT2D eigenvalue weighted by atomic mass is 10.2. The molecule has 0 aromatic heterocycles. The highest BCUT2D eigenvalue weighted by Gasteiger charge is 2.25. The Morgan fingerprint density at radius 1 is 1.07 bits per heavy atom. The minimum atomic E-state index is 0. The number of anilines is 1. The Hall–Kier alpha value is -2.16. The van der Waals surface area contributed by atoms with E-state index in [4.69, 9.17) is 14.5 Å². The third-order valence-electron chi connectivity index (χ3n) is 4.90. The van der Waals surface area contributed by atoms with Crippen LogP contribution in [0.1, 0.15) is 18.9 Å². The summed E-state index contributed by atoms with van der Waals surface area (Å²) in [5.41, 5.74) is 2.22. The third kappa shape index (κ3) is 6.16. The van der Waals surface area contributed by atoms with Gasteiger partial charge in [-0.05, 0) is 31.5 Å². The molecule has 1 atom stereocenters. The van der Waals surface area contributed by atoms with Gasteiger partial charge < -0.3 is 25.0 Å². The first kappa shape index (κ1) is 23.1. The molecule has 1 aliphatic rings. The molecule has 158 valence electrons. The van der Waals surface area contributed by atoms with Crippen molar-refractivity contribution in [2.45, 2.75) is 25.9 Å². The SMILES string of the molecule is CCNC(=NCc1ccccc1OC)NC1CCN(c2ccccc2OC)C1.I. The number of rotatable bonds is 7. The summed E-state index contributed by atoms with van der Waals surface area (Å²) in [5, 5.41) is 6.93. The average molecular weight is 510 g/mol. The van der Waals surface area contributed by atoms with Crippen LogP contribution in [-0.4, -0.2) is 45.9 Å². The average Bonchev–Trinajstić information content (AvgIpc) is 3.20. The van der Waals surface area contributed by atoms with Gasteiger partial charge >= 0.3 is 0 Å². The van der Waals surface area contributed by atoms with Gasteiger partial charge in [-0.2, -0.15) is 0 Å². The molecule has 6 nitrogen and oxygen atoms in total. The topological polar surface area (TPSA) is 58.1 Å². The molecule has 0 saturated carbocycles. The van der Waals surface area contributed by atoms with E-state index in [9.17, 15) is 0 Å². The summed E-state index contributed by atoms with van der Waals surface area (Å²) >= 11 is 0. The van der Waals surface area contributed by atoms with E-state index in [1.54, 1.807) is 14.2 Å².